The minimum atomic E-state index is -0.135. The highest BCUT2D eigenvalue weighted by Crippen LogP contribution is 2.28. The lowest BCUT2D eigenvalue weighted by molar-refractivity contribution is 0.101. The largest absolute Gasteiger partial charge is 0.507 e. The number of phenolic OH excluding ortho intramolecular Hbond substituents is 1. The number of carbonyl (C=O) groups is 1. The third-order valence-corrected chi connectivity index (χ3v) is 4.64. The van der Waals surface area contributed by atoms with Crippen LogP contribution in [0.1, 0.15) is 56.8 Å². The van der Waals surface area contributed by atoms with Crippen LogP contribution in [-0.2, 0) is 0 Å². The van der Waals surface area contributed by atoms with Gasteiger partial charge in [-0.25, -0.2) is 0 Å². The number of hydrogen-bond donors (Lipinski definition) is 1. The van der Waals surface area contributed by atoms with Crippen LogP contribution in [-0.4, -0.2) is 42.0 Å². The Hall–Kier alpha value is -2.07. The molecule has 1 N–H and O–H groups in total. The van der Waals surface area contributed by atoms with E-state index < -0.39 is 0 Å². The van der Waals surface area contributed by atoms with Crippen LogP contribution >= 0.6 is 0 Å². The number of rotatable bonds is 11. The normalized spacial score (nSPS) is 11.2. The van der Waals surface area contributed by atoms with Crippen molar-refractivity contribution in [2.45, 2.75) is 46.5 Å². The lowest BCUT2D eigenvalue weighted by atomic mass is 10.0. The van der Waals surface area contributed by atoms with E-state index in [9.17, 15) is 9.90 Å². The van der Waals surface area contributed by atoms with Gasteiger partial charge in [-0.3, -0.25) is 9.69 Å². The van der Waals surface area contributed by atoms with Crippen LogP contribution in [0.25, 0.3) is 10.8 Å². The highest BCUT2D eigenvalue weighted by Gasteiger charge is 2.09. The van der Waals surface area contributed by atoms with E-state index in [1.807, 2.05) is 18.2 Å². The molecule has 142 valence electrons. The Labute approximate surface area is 156 Å². The van der Waals surface area contributed by atoms with Crippen molar-refractivity contribution in [3.05, 3.63) is 35.9 Å². The number of phenols is 1. The molecule has 0 saturated heterocycles. The molecule has 0 saturated carbocycles. The molecule has 2 rings (SSSR count). The Balaban J connectivity index is 1.99. The van der Waals surface area contributed by atoms with Crippen molar-refractivity contribution in [3.8, 4) is 11.5 Å². The SMILES string of the molecule is CCCCN(CCCC)CCOc1ccc2cc(C(C)=O)c(O)cc2c1. The third-order valence-electron chi connectivity index (χ3n) is 4.64. The van der Waals surface area contributed by atoms with Gasteiger partial charge in [0.2, 0.25) is 0 Å². The number of unbranched alkanes of at least 4 members (excludes halogenated alkanes) is 2. The van der Waals surface area contributed by atoms with Crippen LogP contribution in [0.15, 0.2) is 30.3 Å². The van der Waals surface area contributed by atoms with Gasteiger partial charge in [0.25, 0.3) is 0 Å². The second-order valence-electron chi connectivity index (χ2n) is 6.83. The number of ether oxygens (including phenoxy) is 1. The average molecular weight is 357 g/mol. The Kier molecular flexibility index (Phi) is 7.92. The van der Waals surface area contributed by atoms with E-state index in [0.717, 1.165) is 36.2 Å². The first-order chi connectivity index (χ1) is 12.5. The lowest BCUT2D eigenvalue weighted by Gasteiger charge is -2.22. The van der Waals surface area contributed by atoms with Crippen molar-refractivity contribution in [2.75, 3.05) is 26.2 Å². The molecule has 0 bridgehead atoms. The van der Waals surface area contributed by atoms with Gasteiger partial charge in [-0.15, -0.1) is 0 Å². The predicted molar refractivity (Wildman–Crippen MR) is 107 cm³/mol. The molecule has 4 heteroatoms. The maximum Gasteiger partial charge on any atom is 0.163 e. The summed E-state index contributed by atoms with van der Waals surface area (Å²) in [6, 6.07) is 9.14. The first-order valence-corrected chi connectivity index (χ1v) is 9.68. The molecular weight excluding hydrogens is 326 g/mol. The summed E-state index contributed by atoms with van der Waals surface area (Å²) < 4.78 is 5.93. The summed E-state index contributed by atoms with van der Waals surface area (Å²) in [7, 11) is 0. The summed E-state index contributed by atoms with van der Waals surface area (Å²) in [4.78, 5) is 14.0. The van der Waals surface area contributed by atoms with Gasteiger partial charge in [0.05, 0.1) is 5.56 Å². The summed E-state index contributed by atoms with van der Waals surface area (Å²) in [5.41, 5.74) is 0.355. The van der Waals surface area contributed by atoms with Gasteiger partial charge in [-0.2, -0.15) is 0 Å². The Morgan fingerprint density at radius 3 is 2.31 bits per heavy atom. The van der Waals surface area contributed by atoms with Crippen molar-refractivity contribution >= 4 is 16.6 Å². The highest BCUT2D eigenvalue weighted by molar-refractivity contribution is 6.01. The zero-order valence-electron chi connectivity index (χ0n) is 16.3. The number of nitrogens with zero attached hydrogens (tertiary/aromatic N) is 1. The fraction of sp³-hybridized carbons (Fsp3) is 0.500. The number of benzene rings is 2. The number of hydrogen-bond acceptors (Lipinski definition) is 4. The Morgan fingerprint density at radius 1 is 1.00 bits per heavy atom. The topological polar surface area (TPSA) is 49.8 Å². The number of aromatic hydroxyl groups is 1. The van der Waals surface area contributed by atoms with E-state index in [1.54, 1.807) is 12.1 Å². The van der Waals surface area contributed by atoms with Crippen molar-refractivity contribution in [1.29, 1.82) is 0 Å². The number of carbonyl (C=O) groups excluding carboxylic acids is 1. The molecule has 0 fully saturated rings. The molecule has 0 aliphatic rings. The van der Waals surface area contributed by atoms with E-state index in [0.29, 0.717) is 12.2 Å². The smallest absolute Gasteiger partial charge is 0.163 e. The van der Waals surface area contributed by atoms with Crippen molar-refractivity contribution < 1.29 is 14.6 Å². The Morgan fingerprint density at radius 2 is 1.69 bits per heavy atom. The molecule has 0 amide bonds. The summed E-state index contributed by atoms with van der Waals surface area (Å²) in [5, 5.41) is 11.8. The molecule has 0 radical (unpaired) electrons. The molecule has 2 aromatic carbocycles. The first-order valence-electron chi connectivity index (χ1n) is 9.68. The van der Waals surface area contributed by atoms with Crippen molar-refractivity contribution in [2.24, 2.45) is 0 Å². The Bertz CT molecular complexity index is 719. The van der Waals surface area contributed by atoms with Crippen molar-refractivity contribution in [3.63, 3.8) is 0 Å². The lowest BCUT2D eigenvalue weighted by Crippen LogP contribution is -2.30. The molecular formula is C22H31NO3. The van der Waals surface area contributed by atoms with Crippen LogP contribution < -0.4 is 4.74 Å². The molecule has 0 aliphatic carbocycles. The minimum absolute atomic E-state index is 0.0208. The molecule has 4 nitrogen and oxygen atoms in total. The van der Waals surface area contributed by atoms with Gasteiger partial charge in [-0.1, -0.05) is 32.8 Å². The molecule has 0 heterocycles. The molecule has 0 unspecified atom stereocenters. The quantitative estimate of drug-likeness (QED) is 0.573. The zero-order valence-corrected chi connectivity index (χ0v) is 16.3. The molecule has 2 aromatic rings. The summed E-state index contributed by atoms with van der Waals surface area (Å²) >= 11 is 0. The predicted octanol–water partition coefficient (Wildman–Crippen LogP) is 5.03. The van der Waals surface area contributed by atoms with E-state index in [4.69, 9.17) is 4.74 Å². The molecule has 0 aliphatic heterocycles. The van der Waals surface area contributed by atoms with Gasteiger partial charge in [0.15, 0.2) is 5.78 Å². The van der Waals surface area contributed by atoms with Crippen LogP contribution in [0.4, 0.5) is 0 Å². The van der Waals surface area contributed by atoms with E-state index in [1.165, 1.54) is 32.6 Å². The molecule has 0 spiro atoms. The standard InChI is InChI=1S/C22H31NO3/c1-4-6-10-23(11-7-5-2)12-13-26-20-9-8-18-15-21(17(3)24)22(25)16-19(18)14-20/h8-9,14-16,25H,4-7,10-13H2,1-3H3. The highest BCUT2D eigenvalue weighted by atomic mass is 16.5. The minimum Gasteiger partial charge on any atom is -0.507 e. The third kappa shape index (κ3) is 5.73. The summed E-state index contributed by atoms with van der Waals surface area (Å²) in [5.74, 6) is 0.676. The maximum absolute atomic E-state index is 11.5. The monoisotopic (exact) mass is 357 g/mol. The van der Waals surface area contributed by atoms with Crippen molar-refractivity contribution in [1.82, 2.24) is 4.90 Å². The summed E-state index contributed by atoms with van der Waals surface area (Å²) in [6.07, 6.45) is 4.86. The van der Waals surface area contributed by atoms with Crippen LogP contribution in [0, 0.1) is 0 Å². The van der Waals surface area contributed by atoms with E-state index in [2.05, 4.69) is 18.7 Å². The van der Waals surface area contributed by atoms with Crippen LogP contribution in [0.5, 0.6) is 11.5 Å². The second kappa shape index (κ2) is 10.2. The van der Waals surface area contributed by atoms with E-state index >= 15 is 0 Å². The number of ketones is 1. The maximum atomic E-state index is 11.5. The fourth-order valence-electron chi connectivity index (χ4n) is 3.03. The van der Waals surface area contributed by atoms with Crippen LogP contribution in [0.3, 0.4) is 0 Å². The van der Waals surface area contributed by atoms with Gasteiger partial charge in [0, 0.05) is 6.54 Å². The fourth-order valence-corrected chi connectivity index (χ4v) is 3.03. The molecule has 0 aromatic heterocycles. The van der Waals surface area contributed by atoms with Gasteiger partial charge in [-0.05, 0) is 67.9 Å². The summed E-state index contributed by atoms with van der Waals surface area (Å²) in [6.45, 7) is 9.72. The number of Topliss-reactive ketones (excluding diaryl/α,β-unsaturated/α-hetero) is 1. The zero-order chi connectivity index (χ0) is 18.9. The average Bonchev–Trinajstić information content (AvgIpc) is 2.62. The van der Waals surface area contributed by atoms with Gasteiger partial charge in [0.1, 0.15) is 18.1 Å². The van der Waals surface area contributed by atoms with Gasteiger partial charge < -0.3 is 9.84 Å². The molecule has 0 atom stereocenters. The molecule has 26 heavy (non-hydrogen) atoms. The second-order valence-corrected chi connectivity index (χ2v) is 6.83. The first kappa shape index (κ1) is 20.2. The number of fused-ring (bicyclic) bond motifs is 1. The van der Waals surface area contributed by atoms with Crippen LogP contribution in [0.2, 0.25) is 0 Å². The van der Waals surface area contributed by atoms with Gasteiger partial charge >= 0.3 is 0 Å². The van der Waals surface area contributed by atoms with E-state index in [-0.39, 0.29) is 11.5 Å².